The summed E-state index contributed by atoms with van der Waals surface area (Å²) in [6.07, 6.45) is 0.910. The third kappa shape index (κ3) is 4.10. The maximum atomic E-state index is 13.1. The number of carbonyl (C=O) groups is 1. The van der Waals surface area contributed by atoms with Crippen molar-refractivity contribution < 1.29 is 9.18 Å². The Morgan fingerprint density at radius 2 is 2.31 bits per heavy atom. The van der Waals surface area contributed by atoms with E-state index in [0.717, 1.165) is 6.42 Å². The highest BCUT2D eigenvalue weighted by Crippen LogP contribution is 2.21. The van der Waals surface area contributed by atoms with Gasteiger partial charge in [-0.3, -0.25) is 4.79 Å². The number of nitrogen functional groups attached to an aromatic ring is 1. The number of benzene rings is 1. The maximum Gasteiger partial charge on any atom is 0.230 e. The second-order valence-corrected chi connectivity index (χ2v) is 4.37. The molecule has 0 heterocycles. The van der Waals surface area contributed by atoms with E-state index < -0.39 is 5.82 Å². The first kappa shape index (κ1) is 12.8. The average Bonchev–Trinajstić information content (AvgIpc) is 2.28. The highest BCUT2D eigenvalue weighted by atomic mass is 32.2. The Hall–Kier alpha value is -1.23. The first-order valence-electron chi connectivity index (χ1n) is 5.08. The standard InChI is InChI=1S/C11H15FN2OS/c1-2-5-14-11(15)7-16-8-3-4-10(13)9(12)6-8/h3-4,6H,2,5,7,13H2,1H3,(H,14,15). The van der Waals surface area contributed by atoms with Crippen LogP contribution in [0.15, 0.2) is 23.1 Å². The van der Waals surface area contributed by atoms with Gasteiger partial charge in [0.25, 0.3) is 0 Å². The van der Waals surface area contributed by atoms with Gasteiger partial charge < -0.3 is 11.1 Å². The fraction of sp³-hybridized carbons (Fsp3) is 0.364. The van der Waals surface area contributed by atoms with Crippen molar-refractivity contribution in [2.75, 3.05) is 18.0 Å². The van der Waals surface area contributed by atoms with E-state index in [2.05, 4.69) is 5.32 Å². The summed E-state index contributed by atoms with van der Waals surface area (Å²) >= 11 is 1.29. The van der Waals surface area contributed by atoms with E-state index in [1.807, 2.05) is 6.92 Å². The molecule has 0 aromatic heterocycles. The molecule has 5 heteroatoms. The molecule has 0 spiro atoms. The average molecular weight is 242 g/mol. The molecule has 1 aromatic rings. The van der Waals surface area contributed by atoms with Gasteiger partial charge in [-0.1, -0.05) is 6.92 Å². The van der Waals surface area contributed by atoms with Crippen molar-refractivity contribution in [3.63, 3.8) is 0 Å². The summed E-state index contributed by atoms with van der Waals surface area (Å²) in [7, 11) is 0. The lowest BCUT2D eigenvalue weighted by molar-refractivity contribution is -0.118. The number of carbonyl (C=O) groups excluding carboxylic acids is 1. The summed E-state index contributed by atoms with van der Waals surface area (Å²) < 4.78 is 13.1. The van der Waals surface area contributed by atoms with Gasteiger partial charge in [0, 0.05) is 11.4 Å². The second kappa shape index (κ2) is 6.37. The number of anilines is 1. The topological polar surface area (TPSA) is 55.1 Å². The zero-order chi connectivity index (χ0) is 12.0. The van der Waals surface area contributed by atoms with Crippen molar-refractivity contribution in [1.29, 1.82) is 0 Å². The van der Waals surface area contributed by atoms with Gasteiger partial charge in [0.1, 0.15) is 5.82 Å². The zero-order valence-electron chi connectivity index (χ0n) is 9.13. The minimum Gasteiger partial charge on any atom is -0.396 e. The van der Waals surface area contributed by atoms with Gasteiger partial charge in [0.2, 0.25) is 5.91 Å². The predicted octanol–water partition coefficient (Wildman–Crippen LogP) is 2.03. The number of halogens is 1. The van der Waals surface area contributed by atoms with Crippen LogP contribution < -0.4 is 11.1 Å². The molecule has 0 saturated heterocycles. The third-order valence-electron chi connectivity index (χ3n) is 1.91. The molecule has 3 nitrogen and oxygen atoms in total. The third-order valence-corrected chi connectivity index (χ3v) is 2.91. The molecule has 0 saturated carbocycles. The summed E-state index contributed by atoms with van der Waals surface area (Å²) in [5.41, 5.74) is 5.47. The Bertz CT molecular complexity index is 371. The van der Waals surface area contributed by atoms with Crippen LogP contribution in [0.1, 0.15) is 13.3 Å². The molecule has 88 valence electrons. The number of thioether (sulfide) groups is 1. The van der Waals surface area contributed by atoms with Gasteiger partial charge in [-0.25, -0.2) is 4.39 Å². The first-order valence-corrected chi connectivity index (χ1v) is 6.06. The molecule has 1 aromatic carbocycles. The number of hydrogen-bond donors (Lipinski definition) is 2. The predicted molar refractivity (Wildman–Crippen MR) is 64.8 cm³/mol. The summed E-state index contributed by atoms with van der Waals surface area (Å²) in [6, 6.07) is 4.55. The van der Waals surface area contributed by atoms with Gasteiger partial charge >= 0.3 is 0 Å². The first-order chi connectivity index (χ1) is 7.63. The van der Waals surface area contributed by atoms with Crippen LogP contribution in [0.5, 0.6) is 0 Å². The fourth-order valence-electron chi connectivity index (χ4n) is 1.06. The lowest BCUT2D eigenvalue weighted by atomic mass is 10.3. The Morgan fingerprint density at radius 3 is 2.94 bits per heavy atom. The quantitative estimate of drug-likeness (QED) is 0.613. The van der Waals surface area contributed by atoms with Gasteiger partial charge in [-0.15, -0.1) is 11.8 Å². The lowest BCUT2D eigenvalue weighted by Crippen LogP contribution is -2.25. The van der Waals surface area contributed by atoms with Crippen LogP contribution in [0.3, 0.4) is 0 Å². The Kier molecular flexibility index (Phi) is 5.11. The van der Waals surface area contributed by atoms with Crippen molar-refractivity contribution >= 4 is 23.4 Å². The molecular formula is C11H15FN2OS. The molecule has 0 atom stereocenters. The Morgan fingerprint density at radius 1 is 1.56 bits per heavy atom. The van der Waals surface area contributed by atoms with Gasteiger partial charge in [0.15, 0.2) is 0 Å². The maximum absolute atomic E-state index is 13.1. The van der Waals surface area contributed by atoms with E-state index in [-0.39, 0.29) is 11.6 Å². The van der Waals surface area contributed by atoms with Crippen molar-refractivity contribution in [3.8, 4) is 0 Å². The summed E-state index contributed by atoms with van der Waals surface area (Å²) in [4.78, 5) is 12.0. The van der Waals surface area contributed by atoms with Crippen molar-refractivity contribution in [2.45, 2.75) is 18.2 Å². The van der Waals surface area contributed by atoms with Crippen LogP contribution in [0.2, 0.25) is 0 Å². The molecule has 1 amide bonds. The number of amides is 1. The fourth-order valence-corrected chi connectivity index (χ4v) is 1.81. The molecule has 0 unspecified atom stereocenters. The normalized spacial score (nSPS) is 10.1. The smallest absolute Gasteiger partial charge is 0.230 e. The Labute approximate surface area is 98.6 Å². The molecule has 16 heavy (non-hydrogen) atoms. The van der Waals surface area contributed by atoms with Gasteiger partial charge in [-0.2, -0.15) is 0 Å². The largest absolute Gasteiger partial charge is 0.396 e. The highest BCUT2D eigenvalue weighted by Gasteiger charge is 2.04. The molecule has 0 radical (unpaired) electrons. The summed E-state index contributed by atoms with van der Waals surface area (Å²) in [5.74, 6) is -0.188. The summed E-state index contributed by atoms with van der Waals surface area (Å²) in [5, 5.41) is 2.75. The van der Waals surface area contributed by atoms with Crippen molar-refractivity contribution in [2.24, 2.45) is 0 Å². The van der Waals surface area contributed by atoms with Crippen LogP contribution >= 0.6 is 11.8 Å². The van der Waals surface area contributed by atoms with Crippen LogP contribution in [-0.2, 0) is 4.79 Å². The summed E-state index contributed by atoms with van der Waals surface area (Å²) in [6.45, 7) is 2.66. The van der Waals surface area contributed by atoms with E-state index in [0.29, 0.717) is 17.2 Å². The molecule has 3 N–H and O–H groups in total. The zero-order valence-corrected chi connectivity index (χ0v) is 9.94. The lowest BCUT2D eigenvalue weighted by Gasteiger charge is -2.04. The molecule has 0 aliphatic carbocycles. The van der Waals surface area contributed by atoms with Crippen LogP contribution in [0, 0.1) is 5.82 Å². The van der Waals surface area contributed by atoms with Crippen LogP contribution in [0.4, 0.5) is 10.1 Å². The molecule has 0 aliphatic rings. The van der Waals surface area contributed by atoms with Gasteiger partial charge in [0.05, 0.1) is 11.4 Å². The van der Waals surface area contributed by atoms with E-state index in [1.165, 1.54) is 23.9 Å². The van der Waals surface area contributed by atoms with E-state index >= 15 is 0 Å². The minimum atomic E-state index is -0.445. The van der Waals surface area contributed by atoms with E-state index in [1.54, 1.807) is 6.07 Å². The molecule has 0 aliphatic heterocycles. The van der Waals surface area contributed by atoms with Crippen LogP contribution in [-0.4, -0.2) is 18.2 Å². The molecule has 0 bridgehead atoms. The van der Waals surface area contributed by atoms with Gasteiger partial charge in [-0.05, 0) is 24.6 Å². The van der Waals surface area contributed by atoms with Crippen LogP contribution in [0.25, 0.3) is 0 Å². The minimum absolute atomic E-state index is 0.0379. The highest BCUT2D eigenvalue weighted by molar-refractivity contribution is 8.00. The number of hydrogen-bond acceptors (Lipinski definition) is 3. The van der Waals surface area contributed by atoms with Crippen molar-refractivity contribution in [1.82, 2.24) is 5.32 Å². The molecule has 0 fully saturated rings. The molecular weight excluding hydrogens is 227 g/mol. The number of rotatable bonds is 5. The molecule has 1 rings (SSSR count). The monoisotopic (exact) mass is 242 g/mol. The SMILES string of the molecule is CCCNC(=O)CSc1ccc(N)c(F)c1. The van der Waals surface area contributed by atoms with E-state index in [4.69, 9.17) is 5.73 Å². The van der Waals surface area contributed by atoms with E-state index in [9.17, 15) is 9.18 Å². The number of nitrogens with two attached hydrogens (primary N) is 1. The Balaban J connectivity index is 2.42. The second-order valence-electron chi connectivity index (χ2n) is 3.32. The van der Waals surface area contributed by atoms with Crippen molar-refractivity contribution in [3.05, 3.63) is 24.0 Å². The number of nitrogens with one attached hydrogen (secondary N) is 1.